The molecule has 1 heterocycles. The number of anilines is 1. The highest BCUT2D eigenvalue weighted by Gasteiger charge is 2.36. The first-order chi connectivity index (χ1) is 13.0. The van der Waals surface area contributed by atoms with Gasteiger partial charge in [0.1, 0.15) is 5.57 Å². The Kier molecular flexibility index (Phi) is 5.12. The van der Waals surface area contributed by atoms with Gasteiger partial charge in [-0.25, -0.2) is 14.5 Å². The fourth-order valence-electron chi connectivity index (χ4n) is 2.57. The molecule has 1 N–H and O–H groups in total. The summed E-state index contributed by atoms with van der Waals surface area (Å²) in [5.41, 5.74) is 1.02. The van der Waals surface area contributed by atoms with Gasteiger partial charge in [-0.1, -0.05) is 30.3 Å². The average molecular weight is 364 g/mol. The van der Waals surface area contributed by atoms with Gasteiger partial charge in [0, 0.05) is 0 Å². The molecule has 0 aromatic heterocycles. The molecule has 0 saturated carbocycles. The van der Waals surface area contributed by atoms with Gasteiger partial charge in [-0.3, -0.25) is 14.9 Å². The molecule has 0 unspecified atom stereocenters. The number of amides is 4. The number of hydrogen-bond donors (Lipinski definition) is 1. The van der Waals surface area contributed by atoms with Crippen LogP contribution < -0.4 is 10.2 Å². The Morgan fingerprint density at radius 3 is 2.33 bits per heavy atom. The summed E-state index contributed by atoms with van der Waals surface area (Å²) in [6, 6.07) is 13.8. The van der Waals surface area contributed by atoms with E-state index >= 15 is 0 Å². The molecule has 0 radical (unpaired) electrons. The van der Waals surface area contributed by atoms with E-state index in [1.807, 2.05) is 6.07 Å². The van der Waals surface area contributed by atoms with Crippen molar-refractivity contribution in [2.24, 2.45) is 0 Å². The summed E-state index contributed by atoms with van der Waals surface area (Å²) >= 11 is 0. The molecular formula is C20H16N2O5. The van der Waals surface area contributed by atoms with E-state index in [4.69, 9.17) is 4.74 Å². The molecule has 0 bridgehead atoms. The SMILES string of the molecule is CCOC(=O)c1ccc(N2C(=O)NC(=O)/C(=C\c3ccccc3)C2=O)cc1. The maximum atomic E-state index is 12.8. The first-order valence-corrected chi connectivity index (χ1v) is 8.25. The van der Waals surface area contributed by atoms with E-state index in [-0.39, 0.29) is 17.9 Å². The van der Waals surface area contributed by atoms with Crippen LogP contribution in [0.5, 0.6) is 0 Å². The third kappa shape index (κ3) is 3.77. The predicted molar refractivity (Wildman–Crippen MR) is 97.8 cm³/mol. The second-order valence-corrected chi connectivity index (χ2v) is 5.64. The molecule has 3 rings (SSSR count). The lowest BCUT2D eigenvalue weighted by Crippen LogP contribution is -2.54. The Hall–Kier alpha value is -3.74. The minimum absolute atomic E-state index is 0.157. The van der Waals surface area contributed by atoms with E-state index in [9.17, 15) is 19.2 Å². The first-order valence-electron chi connectivity index (χ1n) is 8.25. The number of carbonyl (C=O) groups is 4. The highest BCUT2D eigenvalue weighted by molar-refractivity contribution is 6.39. The Morgan fingerprint density at radius 2 is 1.70 bits per heavy atom. The average Bonchev–Trinajstić information content (AvgIpc) is 2.66. The molecule has 4 amide bonds. The normalized spacial score (nSPS) is 15.7. The van der Waals surface area contributed by atoms with E-state index in [0.29, 0.717) is 11.1 Å². The molecule has 7 nitrogen and oxygen atoms in total. The largest absolute Gasteiger partial charge is 0.462 e. The van der Waals surface area contributed by atoms with Crippen molar-refractivity contribution in [1.82, 2.24) is 5.32 Å². The number of imide groups is 2. The van der Waals surface area contributed by atoms with E-state index in [1.54, 1.807) is 31.2 Å². The molecule has 2 aromatic carbocycles. The number of nitrogens with one attached hydrogen (secondary N) is 1. The second-order valence-electron chi connectivity index (χ2n) is 5.64. The van der Waals surface area contributed by atoms with Crippen molar-refractivity contribution in [3.8, 4) is 0 Å². The highest BCUT2D eigenvalue weighted by Crippen LogP contribution is 2.22. The van der Waals surface area contributed by atoms with Crippen LogP contribution >= 0.6 is 0 Å². The molecule has 136 valence electrons. The molecule has 1 saturated heterocycles. The molecule has 2 aromatic rings. The maximum absolute atomic E-state index is 12.8. The van der Waals surface area contributed by atoms with Gasteiger partial charge in [0.25, 0.3) is 11.8 Å². The van der Waals surface area contributed by atoms with Crippen molar-refractivity contribution in [2.75, 3.05) is 11.5 Å². The van der Waals surface area contributed by atoms with Crippen LogP contribution in [0.4, 0.5) is 10.5 Å². The number of esters is 1. The molecule has 1 aliphatic rings. The standard InChI is InChI=1S/C20H16N2O5/c1-2-27-19(25)14-8-10-15(11-9-14)22-18(24)16(17(23)21-20(22)26)12-13-6-4-3-5-7-13/h3-12H,2H2,1H3,(H,21,23,26)/b16-12+. The van der Waals surface area contributed by atoms with Crippen LogP contribution in [-0.4, -0.2) is 30.4 Å². The number of hydrogen-bond acceptors (Lipinski definition) is 5. The number of nitrogens with zero attached hydrogens (tertiary/aromatic N) is 1. The predicted octanol–water partition coefficient (Wildman–Crippen LogP) is 2.53. The molecule has 1 fully saturated rings. The smallest absolute Gasteiger partial charge is 0.338 e. The first kappa shape index (κ1) is 18.1. The van der Waals surface area contributed by atoms with Crippen molar-refractivity contribution >= 4 is 35.6 Å². The molecule has 7 heteroatoms. The Labute approximate surface area is 155 Å². The lowest BCUT2D eigenvalue weighted by molar-refractivity contribution is -0.122. The van der Waals surface area contributed by atoms with Gasteiger partial charge < -0.3 is 4.74 Å². The van der Waals surface area contributed by atoms with Crippen molar-refractivity contribution < 1.29 is 23.9 Å². The van der Waals surface area contributed by atoms with Crippen molar-refractivity contribution in [2.45, 2.75) is 6.92 Å². The number of barbiturate groups is 1. The Bertz CT molecular complexity index is 933. The minimum atomic E-state index is -0.848. The zero-order valence-electron chi connectivity index (χ0n) is 14.5. The quantitative estimate of drug-likeness (QED) is 0.511. The van der Waals surface area contributed by atoms with E-state index in [1.165, 1.54) is 30.3 Å². The second kappa shape index (κ2) is 7.65. The molecule has 27 heavy (non-hydrogen) atoms. The summed E-state index contributed by atoms with van der Waals surface area (Å²) < 4.78 is 4.90. The summed E-state index contributed by atoms with van der Waals surface area (Å²) in [7, 11) is 0. The summed E-state index contributed by atoms with van der Waals surface area (Å²) in [6.07, 6.45) is 1.42. The third-order valence-corrected chi connectivity index (χ3v) is 3.85. The Morgan fingerprint density at radius 1 is 1.04 bits per heavy atom. The fraction of sp³-hybridized carbons (Fsp3) is 0.100. The molecule has 1 aliphatic heterocycles. The maximum Gasteiger partial charge on any atom is 0.338 e. The number of benzene rings is 2. The highest BCUT2D eigenvalue weighted by atomic mass is 16.5. The lowest BCUT2D eigenvalue weighted by atomic mass is 10.1. The minimum Gasteiger partial charge on any atom is -0.462 e. The summed E-state index contributed by atoms with van der Waals surface area (Å²) in [5, 5.41) is 2.15. The van der Waals surface area contributed by atoms with Gasteiger partial charge in [0.15, 0.2) is 0 Å². The number of rotatable bonds is 4. The van der Waals surface area contributed by atoms with Crippen LogP contribution in [0.25, 0.3) is 6.08 Å². The van der Waals surface area contributed by atoms with Crippen molar-refractivity contribution in [3.63, 3.8) is 0 Å². The topological polar surface area (TPSA) is 92.8 Å². The molecular weight excluding hydrogens is 348 g/mol. The van der Waals surface area contributed by atoms with E-state index in [2.05, 4.69) is 5.32 Å². The van der Waals surface area contributed by atoms with Gasteiger partial charge in [0.2, 0.25) is 0 Å². The number of urea groups is 1. The van der Waals surface area contributed by atoms with Crippen LogP contribution in [0.3, 0.4) is 0 Å². The van der Waals surface area contributed by atoms with Crippen molar-refractivity contribution in [1.29, 1.82) is 0 Å². The van der Waals surface area contributed by atoms with Gasteiger partial charge in [-0.15, -0.1) is 0 Å². The monoisotopic (exact) mass is 364 g/mol. The lowest BCUT2D eigenvalue weighted by Gasteiger charge is -2.26. The van der Waals surface area contributed by atoms with Crippen LogP contribution in [-0.2, 0) is 14.3 Å². The Balaban J connectivity index is 1.92. The summed E-state index contributed by atoms with van der Waals surface area (Å²) in [4.78, 5) is 49.6. The molecule has 0 spiro atoms. The van der Waals surface area contributed by atoms with Gasteiger partial charge in [0.05, 0.1) is 17.9 Å². The number of ether oxygens (including phenoxy) is 1. The molecule has 0 atom stereocenters. The van der Waals surface area contributed by atoms with Gasteiger partial charge in [-0.2, -0.15) is 0 Å². The van der Waals surface area contributed by atoms with E-state index < -0.39 is 23.8 Å². The van der Waals surface area contributed by atoms with Crippen LogP contribution in [0.15, 0.2) is 60.2 Å². The molecule has 0 aliphatic carbocycles. The summed E-state index contributed by atoms with van der Waals surface area (Å²) in [6.45, 7) is 1.93. The summed E-state index contributed by atoms with van der Waals surface area (Å²) in [5.74, 6) is -2.00. The van der Waals surface area contributed by atoms with Gasteiger partial charge in [-0.05, 0) is 42.8 Å². The van der Waals surface area contributed by atoms with Gasteiger partial charge >= 0.3 is 12.0 Å². The van der Waals surface area contributed by atoms with E-state index in [0.717, 1.165) is 4.90 Å². The van der Waals surface area contributed by atoms with Crippen LogP contribution in [0.2, 0.25) is 0 Å². The number of carbonyl (C=O) groups excluding carboxylic acids is 4. The fourth-order valence-corrected chi connectivity index (χ4v) is 2.57. The van der Waals surface area contributed by atoms with Crippen molar-refractivity contribution in [3.05, 3.63) is 71.3 Å². The van der Waals surface area contributed by atoms with Crippen LogP contribution in [0, 0.1) is 0 Å². The zero-order valence-corrected chi connectivity index (χ0v) is 14.5. The zero-order chi connectivity index (χ0) is 19.4. The third-order valence-electron chi connectivity index (χ3n) is 3.85. The van der Waals surface area contributed by atoms with Crippen LogP contribution in [0.1, 0.15) is 22.8 Å².